The number of anilines is 1. The zero-order valence-electron chi connectivity index (χ0n) is 11.9. The SMILES string of the molecule is CSc1nnc(-c2ccc(N(C)C(C)=O)cc2)c(C)n1. The second-order valence-corrected chi connectivity index (χ2v) is 5.13. The molecule has 0 aliphatic heterocycles. The molecule has 1 aromatic carbocycles. The largest absolute Gasteiger partial charge is 0.316 e. The Balaban J connectivity index is 2.33. The maximum absolute atomic E-state index is 11.3. The number of hydrogen-bond acceptors (Lipinski definition) is 5. The number of thioether (sulfide) groups is 1. The number of nitrogens with zero attached hydrogens (tertiary/aromatic N) is 4. The first kappa shape index (κ1) is 14.5. The predicted molar refractivity (Wildman–Crippen MR) is 80.9 cm³/mol. The molecule has 0 saturated heterocycles. The first-order chi connectivity index (χ1) is 9.52. The smallest absolute Gasteiger partial charge is 0.223 e. The van der Waals surface area contributed by atoms with Crippen LogP contribution in [0, 0.1) is 6.92 Å². The van der Waals surface area contributed by atoms with Crippen LogP contribution in [-0.2, 0) is 4.79 Å². The second kappa shape index (κ2) is 6.00. The molecule has 1 heterocycles. The number of benzene rings is 1. The van der Waals surface area contributed by atoms with Gasteiger partial charge in [-0.15, -0.1) is 10.2 Å². The van der Waals surface area contributed by atoms with Gasteiger partial charge in [-0.05, 0) is 25.3 Å². The third kappa shape index (κ3) is 2.96. The van der Waals surface area contributed by atoms with Crippen LogP contribution < -0.4 is 4.90 Å². The van der Waals surface area contributed by atoms with Crippen LogP contribution in [0.5, 0.6) is 0 Å². The van der Waals surface area contributed by atoms with E-state index >= 15 is 0 Å². The molecule has 104 valence electrons. The van der Waals surface area contributed by atoms with Gasteiger partial charge >= 0.3 is 0 Å². The molecule has 6 heteroatoms. The summed E-state index contributed by atoms with van der Waals surface area (Å²) in [4.78, 5) is 17.3. The summed E-state index contributed by atoms with van der Waals surface area (Å²) in [7, 11) is 1.75. The Labute approximate surface area is 122 Å². The first-order valence-corrected chi connectivity index (χ1v) is 7.35. The molecule has 2 rings (SSSR count). The summed E-state index contributed by atoms with van der Waals surface area (Å²) in [5.41, 5.74) is 3.40. The van der Waals surface area contributed by atoms with E-state index in [1.54, 1.807) is 11.9 Å². The van der Waals surface area contributed by atoms with Crippen molar-refractivity contribution >= 4 is 23.4 Å². The molecule has 20 heavy (non-hydrogen) atoms. The van der Waals surface area contributed by atoms with Gasteiger partial charge in [-0.3, -0.25) is 4.79 Å². The fourth-order valence-corrected chi connectivity index (χ4v) is 2.11. The lowest BCUT2D eigenvalue weighted by Gasteiger charge is -2.15. The topological polar surface area (TPSA) is 59.0 Å². The lowest BCUT2D eigenvalue weighted by Crippen LogP contribution is -2.22. The zero-order valence-corrected chi connectivity index (χ0v) is 12.7. The van der Waals surface area contributed by atoms with Crippen LogP contribution in [0.4, 0.5) is 5.69 Å². The van der Waals surface area contributed by atoms with Gasteiger partial charge in [-0.1, -0.05) is 23.9 Å². The normalized spacial score (nSPS) is 10.4. The molecule has 1 aromatic heterocycles. The molecule has 0 aliphatic rings. The molecule has 1 amide bonds. The minimum atomic E-state index is -0.000266. The van der Waals surface area contributed by atoms with Crippen molar-refractivity contribution in [2.24, 2.45) is 0 Å². The standard InChI is InChI=1S/C14H16N4OS/c1-9-13(16-17-14(15-9)20-4)11-5-7-12(8-6-11)18(3)10(2)19/h5-8H,1-4H3. The average Bonchev–Trinajstić information content (AvgIpc) is 2.46. The molecule has 0 saturated carbocycles. The van der Waals surface area contributed by atoms with Crippen LogP contribution in [0.3, 0.4) is 0 Å². The summed E-state index contributed by atoms with van der Waals surface area (Å²) >= 11 is 1.47. The van der Waals surface area contributed by atoms with Gasteiger partial charge in [0.15, 0.2) is 0 Å². The fraction of sp³-hybridized carbons (Fsp3) is 0.286. The molecular weight excluding hydrogens is 272 g/mol. The summed E-state index contributed by atoms with van der Waals surface area (Å²) in [6.07, 6.45) is 1.92. The Morgan fingerprint density at radius 3 is 2.35 bits per heavy atom. The van der Waals surface area contributed by atoms with Crippen molar-refractivity contribution in [1.29, 1.82) is 0 Å². The van der Waals surface area contributed by atoms with E-state index in [0.29, 0.717) is 5.16 Å². The van der Waals surface area contributed by atoms with Gasteiger partial charge in [0.2, 0.25) is 11.1 Å². The predicted octanol–water partition coefficient (Wildman–Crippen LogP) is 2.55. The molecule has 2 aromatic rings. The molecule has 0 radical (unpaired) electrons. The third-order valence-corrected chi connectivity index (χ3v) is 3.56. The molecule has 0 fully saturated rings. The zero-order chi connectivity index (χ0) is 14.7. The van der Waals surface area contributed by atoms with E-state index in [1.807, 2.05) is 37.4 Å². The Morgan fingerprint density at radius 1 is 1.20 bits per heavy atom. The number of amides is 1. The van der Waals surface area contributed by atoms with E-state index in [2.05, 4.69) is 15.2 Å². The van der Waals surface area contributed by atoms with Crippen LogP contribution in [0.25, 0.3) is 11.3 Å². The van der Waals surface area contributed by atoms with Crippen LogP contribution in [0.2, 0.25) is 0 Å². The number of hydrogen-bond donors (Lipinski definition) is 0. The summed E-state index contributed by atoms with van der Waals surface area (Å²) in [6, 6.07) is 7.62. The van der Waals surface area contributed by atoms with Crippen molar-refractivity contribution in [1.82, 2.24) is 15.2 Å². The molecule has 0 atom stereocenters. The van der Waals surface area contributed by atoms with Gasteiger partial charge in [0.25, 0.3) is 0 Å². The van der Waals surface area contributed by atoms with Gasteiger partial charge < -0.3 is 4.90 Å². The highest BCUT2D eigenvalue weighted by molar-refractivity contribution is 7.98. The van der Waals surface area contributed by atoms with E-state index in [-0.39, 0.29) is 5.91 Å². The summed E-state index contributed by atoms with van der Waals surface area (Å²) in [5, 5.41) is 8.94. The van der Waals surface area contributed by atoms with Crippen LogP contribution in [-0.4, -0.2) is 34.4 Å². The molecule has 0 unspecified atom stereocenters. The van der Waals surface area contributed by atoms with Gasteiger partial charge in [-0.2, -0.15) is 0 Å². The van der Waals surface area contributed by atoms with E-state index in [4.69, 9.17) is 0 Å². The Bertz CT molecular complexity index is 628. The average molecular weight is 288 g/mol. The monoisotopic (exact) mass is 288 g/mol. The first-order valence-electron chi connectivity index (χ1n) is 6.13. The van der Waals surface area contributed by atoms with Gasteiger partial charge in [0, 0.05) is 25.2 Å². The maximum Gasteiger partial charge on any atom is 0.223 e. The third-order valence-electron chi connectivity index (χ3n) is 3.02. The Morgan fingerprint density at radius 2 is 1.85 bits per heavy atom. The van der Waals surface area contributed by atoms with E-state index in [9.17, 15) is 4.79 Å². The van der Waals surface area contributed by atoms with Crippen molar-refractivity contribution in [2.75, 3.05) is 18.2 Å². The van der Waals surface area contributed by atoms with Crippen molar-refractivity contribution in [3.05, 3.63) is 30.0 Å². The van der Waals surface area contributed by atoms with Gasteiger partial charge in [0.1, 0.15) is 5.69 Å². The number of aryl methyl sites for hydroxylation is 1. The number of carbonyl (C=O) groups excluding carboxylic acids is 1. The number of carbonyl (C=O) groups is 1. The quantitative estimate of drug-likeness (QED) is 0.812. The lowest BCUT2D eigenvalue weighted by molar-refractivity contribution is -0.116. The molecule has 0 N–H and O–H groups in total. The minimum absolute atomic E-state index is 0.000266. The summed E-state index contributed by atoms with van der Waals surface area (Å²) in [5.74, 6) is -0.000266. The number of aromatic nitrogens is 3. The molecule has 0 bridgehead atoms. The van der Waals surface area contributed by atoms with Crippen molar-refractivity contribution in [2.45, 2.75) is 19.0 Å². The highest BCUT2D eigenvalue weighted by Gasteiger charge is 2.09. The van der Waals surface area contributed by atoms with Crippen LogP contribution in [0.1, 0.15) is 12.6 Å². The Hall–Kier alpha value is -1.95. The highest BCUT2D eigenvalue weighted by Crippen LogP contribution is 2.23. The van der Waals surface area contributed by atoms with E-state index in [1.165, 1.54) is 18.7 Å². The lowest BCUT2D eigenvalue weighted by atomic mass is 10.1. The minimum Gasteiger partial charge on any atom is -0.316 e. The molecule has 5 nitrogen and oxygen atoms in total. The fourth-order valence-electron chi connectivity index (χ4n) is 1.76. The van der Waals surface area contributed by atoms with Crippen LogP contribution in [0.15, 0.2) is 29.4 Å². The molecule has 0 spiro atoms. The second-order valence-electron chi connectivity index (χ2n) is 4.36. The molecule has 0 aliphatic carbocycles. The van der Waals surface area contributed by atoms with E-state index < -0.39 is 0 Å². The number of rotatable bonds is 3. The van der Waals surface area contributed by atoms with Gasteiger partial charge in [0.05, 0.1) is 5.69 Å². The van der Waals surface area contributed by atoms with Crippen molar-refractivity contribution in [3.63, 3.8) is 0 Å². The molecular formula is C14H16N4OS. The summed E-state index contributed by atoms with van der Waals surface area (Å²) < 4.78 is 0. The van der Waals surface area contributed by atoms with Crippen LogP contribution >= 0.6 is 11.8 Å². The summed E-state index contributed by atoms with van der Waals surface area (Å²) in [6.45, 7) is 3.45. The van der Waals surface area contributed by atoms with E-state index in [0.717, 1.165) is 22.6 Å². The van der Waals surface area contributed by atoms with Gasteiger partial charge in [-0.25, -0.2) is 4.98 Å². The maximum atomic E-state index is 11.3. The van der Waals surface area contributed by atoms with Crippen molar-refractivity contribution < 1.29 is 4.79 Å². The highest BCUT2D eigenvalue weighted by atomic mass is 32.2. The Kier molecular flexibility index (Phi) is 4.34. The van der Waals surface area contributed by atoms with Crippen molar-refractivity contribution in [3.8, 4) is 11.3 Å².